The predicted molar refractivity (Wildman–Crippen MR) is 97.4 cm³/mol. The third kappa shape index (κ3) is 3.96. The van der Waals surface area contributed by atoms with Gasteiger partial charge in [0.15, 0.2) is 0 Å². The average Bonchev–Trinajstić information content (AvgIpc) is 2.95. The Balaban J connectivity index is 1.78. The molecule has 0 radical (unpaired) electrons. The lowest BCUT2D eigenvalue weighted by Gasteiger charge is -2.26. The molecule has 0 aliphatic carbocycles. The lowest BCUT2D eigenvalue weighted by Crippen LogP contribution is -2.41. The van der Waals surface area contributed by atoms with Crippen molar-refractivity contribution in [1.82, 2.24) is 19.8 Å². The normalized spacial score (nSPS) is 15.7. The van der Waals surface area contributed by atoms with E-state index in [0.29, 0.717) is 24.8 Å². The van der Waals surface area contributed by atoms with E-state index in [1.807, 2.05) is 13.8 Å². The van der Waals surface area contributed by atoms with Crippen molar-refractivity contribution in [3.63, 3.8) is 0 Å². The van der Waals surface area contributed by atoms with Crippen LogP contribution in [0.4, 0.5) is 0 Å². The van der Waals surface area contributed by atoms with Gasteiger partial charge in [-0.15, -0.1) is 0 Å². The summed E-state index contributed by atoms with van der Waals surface area (Å²) in [5.74, 6) is 0.414. The van der Waals surface area contributed by atoms with E-state index in [9.17, 15) is 9.59 Å². The zero-order chi connectivity index (χ0) is 18.7. The zero-order valence-electron chi connectivity index (χ0n) is 15.6. The SMILES string of the molecule is Cc1oc2ncn(CC(C)C)c(=O)c2c1C(=O)NCCN1CCOCC1. The monoisotopic (exact) mass is 362 g/mol. The highest BCUT2D eigenvalue weighted by Gasteiger charge is 2.23. The summed E-state index contributed by atoms with van der Waals surface area (Å²) in [4.78, 5) is 31.9. The highest BCUT2D eigenvalue weighted by atomic mass is 16.5. The van der Waals surface area contributed by atoms with E-state index < -0.39 is 0 Å². The summed E-state index contributed by atoms with van der Waals surface area (Å²) in [6.45, 7) is 10.7. The summed E-state index contributed by atoms with van der Waals surface area (Å²) in [6, 6.07) is 0. The van der Waals surface area contributed by atoms with Crippen molar-refractivity contribution in [3.05, 3.63) is 28.0 Å². The number of amides is 1. The fourth-order valence-electron chi connectivity index (χ4n) is 3.18. The molecule has 1 fully saturated rings. The number of rotatable bonds is 6. The highest BCUT2D eigenvalue weighted by Crippen LogP contribution is 2.20. The molecule has 1 saturated heterocycles. The van der Waals surface area contributed by atoms with E-state index >= 15 is 0 Å². The van der Waals surface area contributed by atoms with Crippen molar-refractivity contribution in [2.24, 2.45) is 5.92 Å². The summed E-state index contributed by atoms with van der Waals surface area (Å²) in [5.41, 5.74) is 0.266. The van der Waals surface area contributed by atoms with Gasteiger partial charge in [0.1, 0.15) is 17.5 Å². The molecule has 2 aromatic heterocycles. The van der Waals surface area contributed by atoms with Crippen LogP contribution in [0.2, 0.25) is 0 Å². The minimum atomic E-state index is -0.296. The van der Waals surface area contributed by atoms with Crippen molar-refractivity contribution >= 4 is 17.0 Å². The van der Waals surface area contributed by atoms with Gasteiger partial charge < -0.3 is 14.5 Å². The largest absolute Gasteiger partial charge is 0.442 e. The fraction of sp³-hybridized carbons (Fsp3) is 0.611. The Labute approximate surface area is 152 Å². The molecular formula is C18H26N4O4. The van der Waals surface area contributed by atoms with Gasteiger partial charge in [-0.25, -0.2) is 4.98 Å². The van der Waals surface area contributed by atoms with Gasteiger partial charge in [0, 0.05) is 32.7 Å². The number of carbonyl (C=O) groups is 1. The number of furan rings is 1. The predicted octanol–water partition coefficient (Wildman–Crippen LogP) is 1.02. The van der Waals surface area contributed by atoms with Crippen molar-refractivity contribution in [1.29, 1.82) is 0 Å². The number of aryl methyl sites for hydroxylation is 1. The first-order chi connectivity index (χ1) is 12.5. The molecule has 2 aromatic rings. The summed E-state index contributed by atoms with van der Waals surface area (Å²) >= 11 is 0. The highest BCUT2D eigenvalue weighted by molar-refractivity contribution is 6.06. The van der Waals surface area contributed by atoms with E-state index in [0.717, 1.165) is 32.8 Å². The Morgan fingerprint density at radius 3 is 2.77 bits per heavy atom. The summed E-state index contributed by atoms with van der Waals surface area (Å²) in [7, 11) is 0. The molecule has 1 aliphatic rings. The molecule has 0 unspecified atom stereocenters. The molecule has 8 heteroatoms. The molecule has 1 N–H and O–H groups in total. The minimum absolute atomic E-state index is 0.214. The maximum atomic E-state index is 12.8. The first kappa shape index (κ1) is 18.6. The molecule has 0 atom stereocenters. The van der Waals surface area contributed by atoms with Crippen LogP contribution in [0.15, 0.2) is 15.5 Å². The van der Waals surface area contributed by atoms with Crippen LogP contribution < -0.4 is 10.9 Å². The number of hydrogen-bond donors (Lipinski definition) is 1. The zero-order valence-corrected chi connectivity index (χ0v) is 15.6. The quantitative estimate of drug-likeness (QED) is 0.825. The van der Waals surface area contributed by atoms with Gasteiger partial charge in [0.25, 0.3) is 11.5 Å². The molecule has 0 saturated carbocycles. The number of fused-ring (bicyclic) bond motifs is 1. The molecule has 8 nitrogen and oxygen atoms in total. The lowest BCUT2D eigenvalue weighted by molar-refractivity contribution is 0.0383. The third-order valence-corrected chi connectivity index (χ3v) is 4.46. The van der Waals surface area contributed by atoms with Crippen LogP contribution in [-0.2, 0) is 11.3 Å². The Morgan fingerprint density at radius 1 is 1.35 bits per heavy atom. The Hall–Kier alpha value is -2.19. The number of morpholine rings is 1. The van der Waals surface area contributed by atoms with Gasteiger partial charge in [-0.2, -0.15) is 0 Å². The average molecular weight is 362 g/mol. The molecule has 0 spiro atoms. The first-order valence-corrected chi connectivity index (χ1v) is 9.04. The van der Waals surface area contributed by atoms with Crippen molar-refractivity contribution in [3.8, 4) is 0 Å². The summed E-state index contributed by atoms with van der Waals surface area (Å²) < 4.78 is 12.4. The molecule has 0 aromatic carbocycles. The molecular weight excluding hydrogens is 336 g/mol. The minimum Gasteiger partial charge on any atom is -0.442 e. The van der Waals surface area contributed by atoms with Crippen LogP contribution in [-0.4, -0.2) is 59.8 Å². The second-order valence-corrected chi connectivity index (χ2v) is 7.02. The van der Waals surface area contributed by atoms with E-state index in [4.69, 9.17) is 9.15 Å². The van der Waals surface area contributed by atoms with Gasteiger partial charge in [-0.3, -0.25) is 19.1 Å². The van der Waals surface area contributed by atoms with E-state index in [1.165, 1.54) is 10.9 Å². The van der Waals surface area contributed by atoms with E-state index in [2.05, 4.69) is 15.2 Å². The smallest absolute Gasteiger partial charge is 0.265 e. The molecule has 26 heavy (non-hydrogen) atoms. The van der Waals surface area contributed by atoms with Crippen LogP contribution in [0.25, 0.3) is 11.1 Å². The fourth-order valence-corrected chi connectivity index (χ4v) is 3.18. The summed E-state index contributed by atoms with van der Waals surface area (Å²) in [5, 5.41) is 3.15. The molecule has 3 rings (SSSR count). The van der Waals surface area contributed by atoms with Gasteiger partial charge in [-0.05, 0) is 12.8 Å². The number of aromatic nitrogens is 2. The molecule has 1 amide bonds. The van der Waals surface area contributed by atoms with E-state index in [-0.39, 0.29) is 28.1 Å². The van der Waals surface area contributed by atoms with Crippen LogP contribution in [0.3, 0.4) is 0 Å². The molecule has 0 bridgehead atoms. The van der Waals surface area contributed by atoms with Gasteiger partial charge >= 0.3 is 0 Å². The Kier molecular flexibility index (Phi) is 5.73. The van der Waals surface area contributed by atoms with Gasteiger partial charge in [0.05, 0.1) is 18.8 Å². The second-order valence-electron chi connectivity index (χ2n) is 7.02. The number of carbonyl (C=O) groups excluding carboxylic acids is 1. The maximum Gasteiger partial charge on any atom is 0.265 e. The second kappa shape index (κ2) is 8.01. The van der Waals surface area contributed by atoms with Crippen molar-refractivity contribution < 1.29 is 13.9 Å². The van der Waals surface area contributed by atoms with Crippen LogP contribution >= 0.6 is 0 Å². The van der Waals surface area contributed by atoms with Gasteiger partial charge in [0.2, 0.25) is 5.71 Å². The third-order valence-electron chi connectivity index (χ3n) is 4.46. The summed E-state index contributed by atoms with van der Waals surface area (Å²) in [6.07, 6.45) is 1.48. The maximum absolute atomic E-state index is 12.8. The molecule has 1 aliphatic heterocycles. The number of nitrogens with zero attached hydrogens (tertiary/aromatic N) is 3. The Bertz CT molecular complexity index is 834. The van der Waals surface area contributed by atoms with Crippen LogP contribution in [0, 0.1) is 12.8 Å². The number of hydrogen-bond acceptors (Lipinski definition) is 6. The topological polar surface area (TPSA) is 89.6 Å². The van der Waals surface area contributed by atoms with Crippen LogP contribution in [0.1, 0.15) is 30.0 Å². The number of ether oxygens (including phenoxy) is 1. The van der Waals surface area contributed by atoms with Crippen molar-refractivity contribution in [2.45, 2.75) is 27.3 Å². The first-order valence-electron chi connectivity index (χ1n) is 9.04. The molecule has 3 heterocycles. The van der Waals surface area contributed by atoms with Crippen molar-refractivity contribution in [2.75, 3.05) is 39.4 Å². The molecule has 142 valence electrons. The van der Waals surface area contributed by atoms with E-state index in [1.54, 1.807) is 6.92 Å². The standard InChI is InChI=1S/C18H26N4O4/c1-12(2)10-22-11-20-17-15(18(22)24)14(13(3)26-17)16(23)19-4-5-21-6-8-25-9-7-21/h11-12H,4-10H2,1-3H3,(H,19,23). The Morgan fingerprint density at radius 2 is 2.08 bits per heavy atom. The van der Waals surface area contributed by atoms with Gasteiger partial charge in [-0.1, -0.05) is 13.8 Å². The number of nitrogens with one attached hydrogen (secondary N) is 1. The van der Waals surface area contributed by atoms with Crippen LogP contribution in [0.5, 0.6) is 0 Å². The lowest BCUT2D eigenvalue weighted by atomic mass is 10.1.